The third kappa shape index (κ3) is 3.73. The number of rotatable bonds is 4. The minimum Gasteiger partial charge on any atom is -0.496 e. The van der Waals surface area contributed by atoms with E-state index in [1.165, 1.54) is 12.1 Å². The Morgan fingerprint density at radius 3 is 2.59 bits per heavy atom. The molecule has 0 spiro atoms. The number of imide groups is 1. The predicted octanol–water partition coefficient (Wildman–Crippen LogP) is 5.88. The predicted molar refractivity (Wildman–Crippen MR) is 113 cm³/mol. The zero-order chi connectivity index (χ0) is 20.5. The molecular formula is C22H15ClFNO3S. The third-order valence-corrected chi connectivity index (χ3v) is 5.90. The van der Waals surface area contributed by atoms with Crippen molar-refractivity contribution < 1.29 is 18.7 Å². The van der Waals surface area contributed by atoms with Crippen molar-refractivity contribution in [2.45, 2.75) is 6.54 Å². The van der Waals surface area contributed by atoms with E-state index in [2.05, 4.69) is 0 Å². The Balaban J connectivity index is 1.67. The van der Waals surface area contributed by atoms with Crippen molar-refractivity contribution in [1.82, 2.24) is 4.90 Å². The van der Waals surface area contributed by atoms with Gasteiger partial charge in [0.25, 0.3) is 11.1 Å². The first-order valence-corrected chi connectivity index (χ1v) is 9.92. The Hall–Kier alpha value is -2.83. The molecule has 1 fully saturated rings. The lowest BCUT2D eigenvalue weighted by atomic mass is 10.0. The van der Waals surface area contributed by atoms with Gasteiger partial charge in [-0.05, 0) is 52.6 Å². The van der Waals surface area contributed by atoms with Gasteiger partial charge in [0.15, 0.2) is 0 Å². The van der Waals surface area contributed by atoms with Gasteiger partial charge in [0, 0.05) is 10.4 Å². The van der Waals surface area contributed by atoms with Crippen LogP contribution < -0.4 is 4.74 Å². The summed E-state index contributed by atoms with van der Waals surface area (Å²) in [5.41, 5.74) is 1.32. The van der Waals surface area contributed by atoms with E-state index in [9.17, 15) is 14.0 Å². The molecule has 3 aromatic rings. The average molecular weight is 428 g/mol. The molecule has 4 rings (SSSR count). The zero-order valence-electron chi connectivity index (χ0n) is 15.3. The molecule has 0 saturated carbocycles. The maximum Gasteiger partial charge on any atom is 0.293 e. The minimum atomic E-state index is -0.473. The number of carbonyl (C=O) groups is 2. The van der Waals surface area contributed by atoms with Crippen LogP contribution in [0.15, 0.2) is 59.5 Å². The maximum absolute atomic E-state index is 13.2. The fourth-order valence-electron chi connectivity index (χ4n) is 3.20. The third-order valence-electron chi connectivity index (χ3n) is 4.64. The molecule has 0 aromatic heterocycles. The Kier molecular flexibility index (Phi) is 5.30. The molecule has 0 radical (unpaired) electrons. The van der Waals surface area contributed by atoms with Gasteiger partial charge >= 0.3 is 0 Å². The summed E-state index contributed by atoms with van der Waals surface area (Å²) in [6.07, 6.45) is 1.71. The highest BCUT2D eigenvalue weighted by atomic mass is 35.5. The summed E-state index contributed by atoms with van der Waals surface area (Å²) in [5.74, 6) is -0.142. The number of ether oxygens (including phenoxy) is 1. The van der Waals surface area contributed by atoms with Crippen molar-refractivity contribution in [1.29, 1.82) is 0 Å². The van der Waals surface area contributed by atoms with Crippen molar-refractivity contribution >= 4 is 51.4 Å². The van der Waals surface area contributed by atoms with Gasteiger partial charge in [0.2, 0.25) is 0 Å². The van der Waals surface area contributed by atoms with E-state index in [0.717, 1.165) is 44.8 Å². The highest BCUT2D eigenvalue weighted by Gasteiger charge is 2.35. The Morgan fingerprint density at radius 1 is 1.10 bits per heavy atom. The van der Waals surface area contributed by atoms with Crippen LogP contribution in [0.5, 0.6) is 5.75 Å². The van der Waals surface area contributed by atoms with Crippen LogP contribution in [0.4, 0.5) is 9.18 Å². The summed E-state index contributed by atoms with van der Waals surface area (Å²) < 4.78 is 18.6. The molecule has 146 valence electrons. The number of nitrogens with zero attached hydrogens (tertiary/aromatic N) is 1. The highest BCUT2D eigenvalue weighted by molar-refractivity contribution is 8.18. The molecule has 0 bridgehead atoms. The topological polar surface area (TPSA) is 46.6 Å². The van der Waals surface area contributed by atoms with Crippen LogP contribution in [0.1, 0.15) is 11.1 Å². The minimum absolute atomic E-state index is 0.00944. The molecule has 0 aliphatic carbocycles. The van der Waals surface area contributed by atoms with Crippen LogP contribution in [0.2, 0.25) is 5.02 Å². The second kappa shape index (κ2) is 7.89. The van der Waals surface area contributed by atoms with Gasteiger partial charge in [0.05, 0.1) is 18.6 Å². The van der Waals surface area contributed by atoms with Crippen molar-refractivity contribution in [3.8, 4) is 5.75 Å². The monoisotopic (exact) mass is 427 g/mol. The number of thioether (sulfide) groups is 1. The van der Waals surface area contributed by atoms with Gasteiger partial charge < -0.3 is 4.74 Å². The Bertz CT molecular complexity index is 1180. The van der Waals surface area contributed by atoms with Crippen LogP contribution in [0, 0.1) is 5.82 Å². The molecule has 29 heavy (non-hydrogen) atoms. The first-order chi connectivity index (χ1) is 14.0. The van der Waals surface area contributed by atoms with E-state index >= 15 is 0 Å². The lowest BCUT2D eigenvalue weighted by Gasteiger charge is -2.13. The van der Waals surface area contributed by atoms with Gasteiger partial charge in [-0.1, -0.05) is 48.0 Å². The van der Waals surface area contributed by atoms with Gasteiger partial charge in [-0.2, -0.15) is 0 Å². The van der Waals surface area contributed by atoms with Crippen molar-refractivity contribution in [3.63, 3.8) is 0 Å². The largest absolute Gasteiger partial charge is 0.496 e. The number of benzene rings is 3. The number of hydrogen-bond donors (Lipinski definition) is 0. The summed E-state index contributed by atoms with van der Waals surface area (Å²) in [6.45, 7) is -0.00944. The van der Waals surface area contributed by atoms with E-state index in [1.54, 1.807) is 13.2 Å². The molecule has 4 nitrogen and oxygen atoms in total. The summed E-state index contributed by atoms with van der Waals surface area (Å²) in [7, 11) is 1.60. The molecule has 0 unspecified atom stereocenters. The normalized spacial score (nSPS) is 15.6. The van der Waals surface area contributed by atoms with Crippen LogP contribution in [-0.2, 0) is 11.3 Å². The molecular weight excluding hydrogens is 413 g/mol. The SMILES string of the molecule is COc1ccc(/C=C2/SC(=O)N(Cc3ccc(F)cc3Cl)C2=O)c2ccccc12. The van der Waals surface area contributed by atoms with Crippen molar-refractivity contribution in [3.05, 3.63) is 81.5 Å². The summed E-state index contributed by atoms with van der Waals surface area (Å²) in [4.78, 5) is 26.7. The van der Waals surface area contributed by atoms with Gasteiger partial charge in [-0.25, -0.2) is 4.39 Å². The molecule has 1 aliphatic rings. The summed E-state index contributed by atoms with van der Waals surface area (Å²) in [5, 5.41) is 1.62. The standard InChI is InChI=1S/C22H15ClFNO3S/c1-28-19-9-7-13(16-4-2-3-5-17(16)19)10-20-21(26)25(22(27)29-20)12-14-6-8-15(24)11-18(14)23/h2-11H,12H2,1H3/b20-10+. The lowest BCUT2D eigenvalue weighted by Crippen LogP contribution is -2.27. The van der Waals surface area contributed by atoms with Crippen LogP contribution in [0.25, 0.3) is 16.8 Å². The second-order valence-electron chi connectivity index (χ2n) is 6.41. The average Bonchev–Trinajstić information content (AvgIpc) is 2.97. The van der Waals surface area contributed by atoms with Crippen LogP contribution in [0.3, 0.4) is 0 Å². The van der Waals surface area contributed by atoms with Gasteiger partial charge in [-0.3, -0.25) is 14.5 Å². The quantitative estimate of drug-likeness (QED) is 0.488. The Labute approximate surface area is 175 Å². The number of carbonyl (C=O) groups excluding carboxylic acids is 2. The van der Waals surface area contributed by atoms with Crippen LogP contribution >= 0.6 is 23.4 Å². The van der Waals surface area contributed by atoms with Crippen molar-refractivity contribution in [2.75, 3.05) is 7.11 Å². The molecule has 0 atom stereocenters. The lowest BCUT2D eigenvalue weighted by molar-refractivity contribution is -0.123. The number of amides is 2. The number of methoxy groups -OCH3 is 1. The smallest absolute Gasteiger partial charge is 0.293 e. The molecule has 3 aromatic carbocycles. The molecule has 1 heterocycles. The first kappa shape index (κ1) is 19.5. The van der Waals surface area contributed by atoms with Crippen molar-refractivity contribution in [2.24, 2.45) is 0 Å². The zero-order valence-corrected chi connectivity index (χ0v) is 16.9. The number of hydrogen-bond acceptors (Lipinski definition) is 4. The van der Waals surface area contributed by atoms with E-state index in [4.69, 9.17) is 16.3 Å². The first-order valence-electron chi connectivity index (χ1n) is 8.73. The molecule has 7 heteroatoms. The summed E-state index contributed by atoms with van der Waals surface area (Å²) >= 11 is 6.91. The fourth-order valence-corrected chi connectivity index (χ4v) is 4.25. The maximum atomic E-state index is 13.2. The molecule has 1 saturated heterocycles. The number of halogens is 2. The number of fused-ring (bicyclic) bond motifs is 1. The van der Waals surface area contributed by atoms with E-state index in [0.29, 0.717) is 10.5 Å². The summed E-state index contributed by atoms with van der Waals surface area (Å²) in [6, 6.07) is 15.3. The molecule has 2 amide bonds. The van der Waals surface area contributed by atoms with E-state index in [1.807, 2.05) is 36.4 Å². The highest BCUT2D eigenvalue weighted by Crippen LogP contribution is 2.36. The second-order valence-corrected chi connectivity index (χ2v) is 7.81. The Morgan fingerprint density at radius 2 is 1.86 bits per heavy atom. The van der Waals surface area contributed by atoms with Gasteiger partial charge in [0.1, 0.15) is 11.6 Å². The molecule has 0 N–H and O–H groups in total. The van der Waals surface area contributed by atoms with Gasteiger partial charge in [-0.15, -0.1) is 0 Å². The van der Waals surface area contributed by atoms with E-state index < -0.39 is 11.7 Å². The van der Waals surface area contributed by atoms with E-state index in [-0.39, 0.29) is 16.8 Å². The fraction of sp³-hybridized carbons (Fsp3) is 0.0909. The van der Waals surface area contributed by atoms with Crippen LogP contribution in [-0.4, -0.2) is 23.2 Å². The molecule has 1 aliphatic heterocycles.